The zero-order valence-electron chi connectivity index (χ0n) is 12.7. The number of benzene rings is 1. The molecule has 1 heterocycles. The van der Waals surface area contributed by atoms with Crippen molar-refractivity contribution in [3.63, 3.8) is 0 Å². The molecule has 0 aliphatic rings. The fourth-order valence-corrected chi connectivity index (χ4v) is 2.66. The van der Waals surface area contributed by atoms with Crippen molar-refractivity contribution in [2.24, 2.45) is 5.73 Å². The van der Waals surface area contributed by atoms with Gasteiger partial charge in [-0.25, -0.2) is 0 Å². The molecule has 0 saturated heterocycles. The number of thioether (sulfide) groups is 1. The van der Waals surface area contributed by atoms with Gasteiger partial charge in [0.05, 0.1) is 11.3 Å². The normalized spacial score (nSPS) is 11.5. The molecule has 24 heavy (non-hydrogen) atoms. The van der Waals surface area contributed by atoms with E-state index < -0.39 is 17.6 Å². The number of amides is 1. The second-order valence-corrected chi connectivity index (χ2v) is 5.65. The quantitative estimate of drug-likeness (QED) is 0.767. The summed E-state index contributed by atoms with van der Waals surface area (Å²) in [6.07, 6.45) is -4.43. The van der Waals surface area contributed by atoms with E-state index in [4.69, 9.17) is 10.5 Å². The standard InChI is InChI=1S/C14H15F3N4O2S/c1-2-21-12(19-20-13(21)24-8-11(18)22)7-23-10-5-3-4-9(6-10)14(15,16)17/h3-6H,2,7-8H2,1H3,(H2,18,22). The van der Waals surface area contributed by atoms with E-state index in [9.17, 15) is 18.0 Å². The molecular formula is C14H15F3N4O2S. The summed E-state index contributed by atoms with van der Waals surface area (Å²) >= 11 is 1.14. The summed E-state index contributed by atoms with van der Waals surface area (Å²) < 4.78 is 45.1. The lowest BCUT2D eigenvalue weighted by Crippen LogP contribution is -2.14. The Bertz CT molecular complexity index is 718. The predicted molar refractivity (Wildman–Crippen MR) is 81.4 cm³/mol. The van der Waals surface area contributed by atoms with Crippen LogP contribution in [0.2, 0.25) is 0 Å². The summed E-state index contributed by atoms with van der Waals surface area (Å²) in [7, 11) is 0. The molecule has 2 aromatic rings. The maximum Gasteiger partial charge on any atom is 0.416 e. The summed E-state index contributed by atoms with van der Waals surface area (Å²) in [6.45, 7) is 2.33. The van der Waals surface area contributed by atoms with Gasteiger partial charge in [-0.1, -0.05) is 17.8 Å². The van der Waals surface area contributed by atoms with Crippen LogP contribution in [0.3, 0.4) is 0 Å². The molecule has 10 heteroatoms. The van der Waals surface area contributed by atoms with Crippen LogP contribution in [-0.2, 0) is 24.1 Å². The van der Waals surface area contributed by atoms with Crippen LogP contribution in [0.15, 0.2) is 29.4 Å². The first kappa shape index (κ1) is 18.1. The Morgan fingerprint density at radius 1 is 1.38 bits per heavy atom. The van der Waals surface area contributed by atoms with Crippen molar-refractivity contribution >= 4 is 17.7 Å². The van der Waals surface area contributed by atoms with E-state index in [1.165, 1.54) is 12.1 Å². The van der Waals surface area contributed by atoms with E-state index in [0.29, 0.717) is 17.5 Å². The SMILES string of the molecule is CCn1c(COc2cccc(C(F)(F)F)c2)nnc1SCC(N)=O. The molecule has 0 atom stereocenters. The number of aromatic nitrogens is 3. The van der Waals surface area contributed by atoms with Crippen molar-refractivity contribution in [1.82, 2.24) is 14.8 Å². The Morgan fingerprint density at radius 2 is 2.12 bits per heavy atom. The van der Waals surface area contributed by atoms with Crippen LogP contribution < -0.4 is 10.5 Å². The number of carbonyl (C=O) groups excluding carboxylic acids is 1. The Balaban J connectivity index is 2.08. The largest absolute Gasteiger partial charge is 0.486 e. The highest BCUT2D eigenvalue weighted by Gasteiger charge is 2.30. The summed E-state index contributed by atoms with van der Waals surface area (Å²) in [5, 5.41) is 8.38. The molecule has 0 saturated carbocycles. The molecule has 1 aromatic carbocycles. The minimum Gasteiger partial charge on any atom is -0.486 e. The maximum atomic E-state index is 12.7. The Kier molecular flexibility index (Phi) is 5.71. The fraction of sp³-hybridized carbons (Fsp3) is 0.357. The van der Waals surface area contributed by atoms with Crippen LogP contribution in [0.1, 0.15) is 18.3 Å². The van der Waals surface area contributed by atoms with Crippen LogP contribution >= 0.6 is 11.8 Å². The van der Waals surface area contributed by atoms with Crippen molar-refractivity contribution < 1.29 is 22.7 Å². The summed E-state index contributed by atoms with van der Waals surface area (Å²) in [5.41, 5.74) is 4.31. The molecule has 0 aliphatic heterocycles. The van der Waals surface area contributed by atoms with Gasteiger partial charge in [0, 0.05) is 6.54 Å². The Morgan fingerprint density at radius 3 is 2.75 bits per heavy atom. The van der Waals surface area contributed by atoms with Gasteiger partial charge in [-0.3, -0.25) is 4.79 Å². The van der Waals surface area contributed by atoms with Gasteiger partial charge in [-0.05, 0) is 25.1 Å². The molecule has 0 bridgehead atoms. The van der Waals surface area contributed by atoms with Crippen LogP contribution in [0.5, 0.6) is 5.75 Å². The van der Waals surface area contributed by atoms with Crippen molar-refractivity contribution in [1.29, 1.82) is 0 Å². The molecule has 0 radical (unpaired) electrons. The molecule has 0 fully saturated rings. The third-order valence-corrected chi connectivity index (χ3v) is 3.97. The average Bonchev–Trinajstić information content (AvgIpc) is 2.92. The minimum atomic E-state index is -4.43. The first-order valence-corrected chi connectivity index (χ1v) is 7.93. The molecule has 2 rings (SSSR count). The zero-order valence-corrected chi connectivity index (χ0v) is 13.5. The van der Waals surface area contributed by atoms with E-state index in [-0.39, 0.29) is 18.1 Å². The number of ether oxygens (including phenoxy) is 1. The molecule has 130 valence electrons. The van der Waals surface area contributed by atoms with Gasteiger partial charge in [0.2, 0.25) is 5.91 Å². The number of primary amides is 1. The van der Waals surface area contributed by atoms with Crippen LogP contribution in [0.4, 0.5) is 13.2 Å². The molecule has 1 amide bonds. The van der Waals surface area contributed by atoms with Crippen molar-refractivity contribution in [3.8, 4) is 5.75 Å². The van der Waals surface area contributed by atoms with E-state index in [1.807, 2.05) is 6.92 Å². The number of carbonyl (C=O) groups is 1. The predicted octanol–water partition coefficient (Wildman–Crippen LogP) is 2.47. The number of hydrogen-bond donors (Lipinski definition) is 1. The number of rotatable bonds is 7. The van der Waals surface area contributed by atoms with Crippen LogP contribution in [-0.4, -0.2) is 26.4 Å². The van der Waals surface area contributed by atoms with Crippen LogP contribution in [0, 0.1) is 0 Å². The third kappa shape index (κ3) is 4.63. The average molecular weight is 360 g/mol. The summed E-state index contributed by atoms with van der Waals surface area (Å²) in [6, 6.07) is 4.61. The Hall–Kier alpha value is -2.23. The highest BCUT2D eigenvalue weighted by molar-refractivity contribution is 7.99. The first-order chi connectivity index (χ1) is 11.3. The molecule has 2 N–H and O–H groups in total. The smallest absolute Gasteiger partial charge is 0.416 e. The van der Waals surface area contributed by atoms with Gasteiger partial charge in [0.25, 0.3) is 0 Å². The van der Waals surface area contributed by atoms with Gasteiger partial charge in [-0.15, -0.1) is 10.2 Å². The lowest BCUT2D eigenvalue weighted by Gasteiger charge is -2.11. The topological polar surface area (TPSA) is 83.0 Å². The van der Waals surface area contributed by atoms with Crippen molar-refractivity contribution in [2.45, 2.75) is 31.4 Å². The Labute approximate surface area is 140 Å². The van der Waals surface area contributed by atoms with Crippen molar-refractivity contribution in [2.75, 3.05) is 5.75 Å². The highest BCUT2D eigenvalue weighted by atomic mass is 32.2. The first-order valence-electron chi connectivity index (χ1n) is 6.94. The van der Waals surface area contributed by atoms with Gasteiger partial charge in [0.1, 0.15) is 12.4 Å². The number of nitrogens with two attached hydrogens (primary N) is 1. The lowest BCUT2D eigenvalue weighted by atomic mass is 10.2. The molecule has 0 aliphatic carbocycles. The van der Waals surface area contributed by atoms with Gasteiger partial charge in [-0.2, -0.15) is 13.2 Å². The van der Waals surface area contributed by atoms with Crippen LogP contribution in [0.25, 0.3) is 0 Å². The molecular weight excluding hydrogens is 345 g/mol. The van der Waals surface area contributed by atoms with E-state index >= 15 is 0 Å². The lowest BCUT2D eigenvalue weighted by molar-refractivity contribution is -0.137. The van der Waals surface area contributed by atoms with Crippen molar-refractivity contribution in [3.05, 3.63) is 35.7 Å². The number of alkyl halides is 3. The molecule has 6 nitrogen and oxygen atoms in total. The second kappa shape index (κ2) is 7.56. The maximum absolute atomic E-state index is 12.7. The van der Waals surface area contributed by atoms with E-state index in [2.05, 4.69) is 10.2 Å². The molecule has 0 spiro atoms. The number of hydrogen-bond acceptors (Lipinski definition) is 5. The highest BCUT2D eigenvalue weighted by Crippen LogP contribution is 2.31. The molecule has 1 aromatic heterocycles. The van der Waals surface area contributed by atoms with Gasteiger partial charge in [0.15, 0.2) is 11.0 Å². The zero-order chi connectivity index (χ0) is 17.7. The second-order valence-electron chi connectivity index (χ2n) is 4.71. The van der Waals surface area contributed by atoms with E-state index in [0.717, 1.165) is 23.9 Å². The van der Waals surface area contributed by atoms with Gasteiger partial charge >= 0.3 is 6.18 Å². The summed E-state index contributed by atoms with van der Waals surface area (Å²) in [5.74, 6) is 0.114. The number of halogens is 3. The monoisotopic (exact) mass is 360 g/mol. The molecule has 0 unspecified atom stereocenters. The number of nitrogens with zero attached hydrogens (tertiary/aromatic N) is 3. The summed E-state index contributed by atoms with van der Waals surface area (Å²) in [4.78, 5) is 10.8. The van der Waals surface area contributed by atoms with E-state index in [1.54, 1.807) is 4.57 Å². The minimum absolute atomic E-state index is 0.0424. The fourth-order valence-electron chi connectivity index (χ4n) is 1.90. The van der Waals surface area contributed by atoms with Gasteiger partial charge < -0.3 is 15.0 Å². The third-order valence-electron chi connectivity index (χ3n) is 2.98.